The van der Waals surface area contributed by atoms with Crippen LogP contribution in [0.25, 0.3) is 0 Å². The molecular formula is C24H24BrN3O3S. The number of nitrogens with zero attached hydrogens (tertiary/aromatic N) is 2. The predicted molar refractivity (Wildman–Crippen MR) is 130 cm³/mol. The molecule has 0 aliphatic heterocycles. The molecule has 0 saturated heterocycles. The zero-order valence-electron chi connectivity index (χ0n) is 17.8. The number of rotatable bonds is 8. The Morgan fingerprint density at radius 3 is 2.41 bits per heavy atom. The second kappa shape index (κ2) is 10.7. The summed E-state index contributed by atoms with van der Waals surface area (Å²) in [6.45, 7) is 3.53. The van der Waals surface area contributed by atoms with E-state index in [2.05, 4.69) is 26.5 Å². The SMILES string of the molecule is Cc1ccc(S(=O)(=O)N(CC(=O)N/N=C\c2ccccc2Br)Cc2cccc(C)c2)cc1. The first-order valence-corrected chi connectivity index (χ1v) is 12.2. The van der Waals surface area contributed by atoms with E-state index in [0.717, 1.165) is 31.0 Å². The fraction of sp³-hybridized carbons (Fsp3) is 0.167. The zero-order chi connectivity index (χ0) is 23.1. The van der Waals surface area contributed by atoms with Crippen LogP contribution in [0.1, 0.15) is 22.3 Å². The van der Waals surface area contributed by atoms with Crippen molar-refractivity contribution >= 4 is 38.1 Å². The summed E-state index contributed by atoms with van der Waals surface area (Å²) < 4.78 is 28.6. The zero-order valence-corrected chi connectivity index (χ0v) is 20.2. The number of carbonyl (C=O) groups excluding carboxylic acids is 1. The van der Waals surface area contributed by atoms with Gasteiger partial charge < -0.3 is 0 Å². The number of nitrogens with one attached hydrogen (secondary N) is 1. The fourth-order valence-corrected chi connectivity index (χ4v) is 4.82. The topological polar surface area (TPSA) is 78.8 Å². The normalized spacial score (nSPS) is 11.8. The largest absolute Gasteiger partial charge is 0.272 e. The molecule has 1 amide bonds. The van der Waals surface area contributed by atoms with E-state index >= 15 is 0 Å². The maximum absolute atomic E-state index is 13.3. The lowest BCUT2D eigenvalue weighted by Gasteiger charge is -2.22. The van der Waals surface area contributed by atoms with Gasteiger partial charge in [-0.1, -0.05) is 81.7 Å². The van der Waals surface area contributed by atoms with Crippen LogP contribution >= 0.6 is 15.9 Å². The molecule has 6 nitrogen and oxygen atoms in total. The lowest BCUT2D eigenvalue weighted by Crippen LogP contribution is -2.39. The van der Waals surface area contributed by atoms with Gasteiger partial charge in [0.25, 0.3) is 5.91 Å². The number of sulfonamides is 1. The quantitative estimate of drug-likeness (QED) is 0.358. The van der Waals surface area contributed by atoms with Gasteiger partial charge in [0.15, 0.2) is 0 Å². The number of aryl methyl sites for hydroxylation is 2. The number of benzene rings is 3. The molecule has 166 valence electrons. The maximum atomic E-state index is 13.3. The van der Waals surface area contributed by atoms with Crippen molar-refractivity contribution in [1.29, 1.82) is 0 Å². The van der Waals surface area contributed by atoms with E-state index < -0.39 is 15.9 Å². The number of amides is 1. The molecule has 32 heavy (non-hydrogen) atoms. The summed E-state index contributed by atoms with van der Waals surface area (Å²) in [4.78, 5) is 12.7. The van der Waals surface area contributed by atoms with Crippen LogP contribution in [-0.2, 0) is 21.4 Å². The van der Waals surface area contributed by atoms with Gasteiger partial charge in [0, 0.05) is 16.6 Å². The number of hydrogen-bond donors (Lipinski definition) is 1. The Morgan fingerprint density at radius 2 is 1.72 bits per heavy atom. The van der Waals surface area contributed by atoms with Gasteiger partial charge in [0.2, 0.25) is 10.0 Å². The first kappa shape index (κ1) is 23.8. The molecule has 1 N–H and O–H groups in total. The standard InChI is InChI=1S/C24H24BrN3O3S/c1-18-10-12-22(13-11-18)32(30,31)28(16-20-7-5-6-19(2)14-20)17-24(29)27-26-15-21-8-3-4-9-23(21)25/h3-15H,16-17H2,1-2H3,(H,27,29)/b26-15-. The van der Waals surface area contributed by atoms with E-state index in [1.165, 1.54) is 6.21 Å². The van der Waals surface area contributed by atoms with Crippen molar-refractivity contribution < 1.29 is 13.2 Å². The third-order valence-corrected chi connectivity index (χ3v) is 7.25. The summed E-state index contributed by atoms with van der Waals surface area (Å²) in [5, 5.41) is 3.97. The van der Waals surface area contributed by atoms with E-state index in [4.69, 9.17) is 0 Å². The van der Waals surface area contributed by atoms with Gasteiger partial charge in [0.1, 0.15) is 0 Å². The molecule has 0 spiro atoms. The monoisotopic (exact) mass is 513 g/mol. The van der Waals surface area contributed by atoms with Crippen LogP contribution in [0.3, 0.4) is 0 Å². The van der Waals surface area contributed by atoms with E-state index in [1.54, 1.807) is 24.3 Å². The second-order valence-corrected chi connectivity index (χ2v) is 10.2. The predicted octanol–water partition coefficient (Wildman–Crippen LogP) is 4.41. The van der Waals surface area contributed by atoms with Crippen molar-refractivity contribution in [3.8, 4) is 0 Å². The summed E-state index contributed by atoms with van der Waals surface area (Å²) in [5.41, 5.74) is 5.97. The lowest BCUT2D eigenvalue weighted by molar-refractivity contribution is -0.121. The Kier molecular flexibility index (Phi) is 7.95. The molecule has 0 aliphatic carbocycles. The van der Waals surface area contributed by atoms with Gasteiger partial charge in [0.05, 0.1) is 17.7 Å². The summed E-state index contributed by atoms with van der Waals surface area (Å²) in [6.07, 6.45) is 1.50. The molecule has 0 saturated carbocycles. The molecule has 0 atom stereocenters. The molecule has 0 aliphatic rings. The van der Waals surface area contributed by atoms with Crippen LogP contribution in [0.15, 0.2) is 87.3 Å². The van der Waals surface area contributed by atoms with E-state index in [9.17, 15) is 13.2 Å². The third kappa shape index (κ3) is 6.35. The Morgan fingerprint density at radius 1 is 1.00 bits per heavy atom. The lowest BCUT2D eigenvalue weighted by atomic mass is 10.1. The molecule has 8 heteroatoms. The number of hydrazone groups is 1. The first-order valence-electron chi connectivity index (χ1n) is 9.94. The number of hydrogen-bond acceptors (Lipinski definition) is 4. The van der Waals surface area contributed by atoms with Gasteiger partial charge in [-0.2, -0.15) is 9.41 Å². The molecular weight excluding hydrogens is 490 g/mol. The molecule has 0 radical (unpaired) electrons. The van der Waals surface area contributed by atoms with E-state index in [0.29, 0.717) is 0 Å². The third-order valence-electron chi connectivity index (χ3n) is 4.72. The minimum atomic E-state index is -3.89. The Bertz CT molecular complexity index is 1230. The molecule has 3 rings (SSSR count). The van der Waals surface area contributed by atoms with Gasteiger partial charge in [-0.05, 0) is 37.6 Å². The summed E-state index contributed by atoms with van der Waals surface area (Å²) in [6, 6.07) is 21.5. The average Bonchev–Trinajstić information content (AvgIpc) is 2.75. The highest BCUT2D eigenvalue weighted by molar-refractivity contribution is 9.10. The van der Waals surface area contributed by atoms with Crippen molar-refractivity contribution in [2.75, 3.05) is 6.54 Å². The highest BCUT2D eigenvalue weighted by atomic mass is 79.9. The van der Waals surface area contributed by atoms with Crippen LogP contribution < -0.4 is 5.43 Å². The molecule has 0 unspecified atom stereocenters. The van der Waals surface area contributed by atoms with Gasteiger partial charge in [-0.25, -0.2) is 13.8 Å². The fourth-order valence-electron chi connectivity index (χ4n) is 3.05. The van der Waals surface area contributed by atoms with Crippen LogP contribution in [-0.4, -0.2) is 31.4 Å². The van der Waals surface area contributed by atoms with Crippen molar-refractivity contribution in [2.24, 2.45) is 5.10 Å². The smallest absolute Gasteiger partial charge is 0.255 e. The van der Waals surface area contributed by atoms with E-state index in [-0.39, 0.29) is 18.0 Å². The Hall–Kier alpha value is -2.81. The van der Waals surface area contributed by atoms with E-state index in [1.807, 2.05) is 62.4 Å². The Labute approximate surface area is 197 Å². The van der Waals surface area contributed by atoms with Crippen molar-refractivity contribution in [2.45, 2.75) is 25.3 Å². The molecule has 3 aromatic rings. The maximum Gasteiger partial charge on any atom is 0.255 e. The average molecular weight is 514 g/mol. The van der Waals surface area contributed by atoms with Gasteiger partial charge in [-0.15, -0.1) is 0 Å². The van der Waals surface area contributed by atoms with Crippen LogP contribution in [0.4, 0.5) is 0 Å². The summed E-state index contributed by atoms with van der Waals surface area (Å²) in [5.74, 6) is -0.531. The molecule has 0 bridgehead atoms. The van der Waals surface area contributed by atoms with Crippen molar-refractivity contribution in [3.63, 3.8) is 0 Å². The van der Waals surface area contributed by atoms with Crippen LogP contribution in [0.5, 0.6) is 0 Å². The van der Waals surface area contributed by atoms with Crippen LogP contribution in [0, 0.1) is 13.8 Å². The number of halogens is 1. The van der Waals surface area contributed by atoms with Gasteiger partial charge in [-0.3, -0.25) is 4.79 Å². The van der Waals surface area contributed by atoms with Gasteiger partial charge >= 0.3 is 0 Å². The highest BCUT2D eigenvalue weighted by Crippen LogP contribution is 2.19. The second-order valence-electron chi connectivity index (χ2n) is 7.39. The number of carbonyl (C=O) groups is 1. The molecule has 0 aromatic heterocycles. The highest BCUT2D eigenvalue weighted by Gasteiger charge is 2.27. The minimum absolute atomic E-state index is 0.0687. The Balaban J connectivity index is 1.81. The molecule has 0 heterocycles. The minimum Gasteiger partial charge on any atom is -0.272 e. The van der Waals surface area contributed by atoms with Crippen molar-refractivity contribution in [3.05, 3.63) is 99.5 Å². The first-order chi connectivity index (χ1) is 15.3. The van der Waals surface area contributed by atoms with Crippen LogP contribution in [0.2, 0.25) is 0 Å². The molecule has 0 fully saturated rings. The van der Waals surface area contributed by atoms with Crippen molar-refractivity contribution in [1.82, 2.24) is 9.73 Å². The summed E-state index contributed by atoms with van der Waals surface area (Å²) >= 11 is 3.41. The summed E-state index contributed by atoms with van der Waals surface area (Å²) in [7, 11) is -3.89. The molecule has 3 aromatic carbocycles.